The Kier molecular flexibility index (Phi) is 4.02. The molecular formula is C16H21Cl2NO. The summed E-state index contributed by atoms with van der Waals surface area (Å²) in [7, 11) is 0. The molecular weight excluding hydrogens is 293 g/mol. The van der Waals surface area contributed by atoms with Crippen LogP contribution in [0, 0.1) is 5.92 Å². The second kappa shape index (κ2) is 5.49. The quantitative estimate of drug-likeness (QED) is 0.889. The van der Waals surface area contributed by atoms with Crippen molar-refractivity contribution in [2.24, 2.45) is 11.7 Å². The summed E-state index contributed by atoms with van der Waals surface area (Å²) in [4.78, 5) is 0. The minimum atomic E-state index is -0.369. The van der Waals surface area contributed by atoms with E-state index in [4.69, 9.17) is 28.9 Å². The highest BCUT2D eigenvalue weighted by molar-refractivity contribution is 6.42. The first-order valence-corrected chi connectivity index (χ1v) is 8.19. The summed E-state index contributed by atoms with van der Waals surface area (Å²) in [6, 6.07) is 5.90. The second-order valence-electron chi connectivity index (χ2n) is 6.34. The maximum Gasteiger partial charge on any atom is 0.0679 e. The number of hydrogen-bond acceptors (Lipinski definition) is 2. The molecule has 0 heterocycles. The lowest BCUT2D eigenvalue weighted by Gasteiger charge is -2.49. The van der Waals surface area contributed by atoms with Gasteiger partial charge in [0.2, 0.25) is 0 Å². The molecule has 3 atom stereocenters. The second-order valence-corrected chi connectivity index (χ2v) is 7.16. The van der Waals surface area contributed by atoms with E-state index in [2.05, 4.69) is 0 Å². The standard InChI is InChI=1S/C16H21Cl2NO/c17-12-6-5-10(9-13(12)18)16(7-2-8-16)15(20)11-3-1-4-14(11)19/h5-6,9,11,14-15,20H,1-4,7-8,19H2/t11-,14+,15+/m1/s1. The van der Waals surface area contributed by atoms with Gasteiger partial charge in [-0.1, -0.05) is 42.1 Å². The fourth-order valence-electron chi connectivity index (χ4n) is 3.94. The van der Waals surface area contributed by atoms with Crippen LogP contribution in [-0.4, -0.2) is 17.3 Å². The molecule has 0 radical (unpaired) electrons. The first kappa shape index (κ1) is 14.6. The van der Waals surface area contributed by atoms with Crippen LogP contribution in [0.2, 0.25) is 10.0 Å². The van der Waals surface area contributed by atoms with E-state index in [0.717, 1.165) is 44.1 Å². The lowest BCUT2D eigenvalue weighted by atomic mass is 9.58. The highest BCUT2D eigenvalue weighted by Gasteiger charge is 2.49. The van der Waals surface area contributed by atoms with Crippen molar-refractivity contribution in [2.75, 3.05) is 0 Å². The molecule has 2 saturated carbocycles. The van der Waals surface area contributed by atoms with Gasteiger partial charge in [0, 0.05) is 17.4 Å². The number of aliphatic hydroxyl groups excluding tert-OH is 1. The highest BCUT2D eigenvalue weighted by atomic mass is 35.5. The van der Waals surface area contributed by atoms with Crippen LogP contribution in [0.1, 0.15) is 44.1 Å². The summed E-state index contributed by atoms with van der Waals surface area (Å²) in [6.07, 6.45) is 5.99. The predicted octanol–water partition coefficient (Wildman–Crippen LogP) is 3.90. The summed E-state index contributed by atoms with van der Waals surface area (Å²) in [6.45, 7) is 0. The Hall–Kier alpha value is -0.280. The Morgan fingerprint density at radius 3 is 2.40 bits per heavy atom. The van der Waals surface area contributed by atoms with Crippen molar-refractivity contribution in [3.63, 3.8) is 0 Å². The Morgan fingerprint density at radius 1 is 1.15 bits per heavy atom. The maximum absolute atomic E-state index is 10.9. The molecule has 0 aliphatic heterocycles. The SMILES string of the molecule is N[C@H]1CCC[C@H]1[C@H](O)C1(c2ccc(Cl)c(Cl)c2)CCC1. The molecule has 0 bridgehead atoms. The summed E-state index contributed by atoms with van der Waals surface area (Å²) in [5, 5.41) is 12.1. The minimum Gasteiger partial charge on any atom is -0.392 e. The van der Waals surface area contributed by atoms with E-state index in [0.29, 0.717) is 10.0 Å². The molecule has 2 aliphatic rings. The van der Waals surface area contributed by atoms with Crippen LogP contribution in [-0.2, 0) is 5.41 Å². The van der Waals surface area contributed by atoms with E-state index in [-0.39, 0.29) is 23.5 Å². The van der Waals surface area contributed by atoms with Gasteiger partial charge in [-0.05, 0) is 43.4 Å². The largest absolute Gasteiger partial charge is 0.392 e. The molecule has 1 aromatic carbocycles. The molecule has 2 fully saturated rings. The lowest BCUT2D eigenvalue weighted by molar-refractivity contribution is -0.0165. The van der Waals surface area contributed by atoms with Crippen molar-refractivity contribution in [3.05, 3.63) is 33.8 Å². The van der Waals surface area contributed by atoms with Gasteiger partial charge in [0.25, 0.3) is 0 Å². The average Bonchev–Trinajstić information content (AvgIpc) is 2.78. The van der Waals surface area contributed by atoms with Crippen LogP contribution in [0.25, 0.3) is 0 Å². The number of benzene rings is 1. The third-order valence-corrected chi connectivity index (χ3v) is 6.08. The molecule has 0 aromatic heterocycles. The number of nitrogens with two attached hydrogens (primary N) is 1. The molecule has 1 aromatic rings. The van der Waals surface area contributed by atoms with Crippen molar-refractivity contribution >= 4 is 23.2 Å². The van der Waals surface area contributed by atoms with Crippen LogP contribution in [0.5, 0.6) is 0 Å². The first-order chi connectivity index (χ1) is 9.54. The van der Waals surface area contributed by atoms with Crippen molar-refractivity contribution in [3.8, 4) is 0 Å². The van der Waals surface area contributed by atoms with Crippen LogP contribution in [0.15, 0.2) is 18.2 Å². The molecule has 0 saturated heterocycles. The van der Waals surface area contributed by atoms with Gasteiger partial charge in [-0.25, -0.2) is 0 Å². The monoisotopic (exact) mass is 313 g/mol. The third kappa shape index (κ3) is 2.27. The van der Waals surface area contributed by atoms with Crippen molar-refractivity contribution in [1.82, 2.24) is 0 Å². The van der Waals surface area contributed by atoms with E-state index in [1.54, 1.807) is 0 Å². The Bertz CT molecular complexity index is 501. The minimum absolute atomic E-state index is 0.130. The molecule has 0 spiro atoms. The molecule has 2 aliphatic carbocycles. The fraction of sp³-hybridized carbons (Fsp3) is 0.625. The molecule has 3 rings (SSSR count). The molecule has 0 unspecified atom stereocenters. The molecule has 3 N–H and O–H groups in total. The van der Waals surface area contributed by atoms with Crippen LogP contribution < -0.4 is 5.73 Å². The zero-order chi connectivity index (χ0) is 14.3. The Balaban J connectivity index is 1.92. The van der Waals surface area contributed by atoms with Crippen molar-refractivity contribution < 1.29 is 5.11 Å². The zero-order valence-electron chi connectivity index (χ0n) is 11.5. The zero-order valence-corrected chi connectivity index (χ0v) is 13.0. The van der Waals surface area contributed by atoms with E-state index in [1.807, 2.05) is 18.2 Å². The van der Waals surface area contributed by atoms with E-state index in [1.165, 1.54) is 0 Å². The van der Waals surface area contributed by atoms with Gasteiger partial charge in [0.15, 0.2) is 0 Å². The van der Waals surface area contributed by atoms with Gasteiger partial charge in [-0.2, -0.15) is 0 Å². The number of rotatable bonds is 3. The Morgan fingerprint density at radius 2 is 1.90 bits per heavy atom. The van der Waals surface area contributed by atoms with Gasteiger partial charge in [-0.15, -0.1) is 0 Å². The van der Waals surface area contributed by atoms with E-state index in [9.17, 15) is 5.11 Å². The third-order valence-electron chi connectivity index (χ3n) is 5.34. The van der Waals surface area contributed by atoms with E-state index < -0.39 is 0 Å². The number of hydrogen-bond donors (Lipinski definition) is 2. The summed E-state index contributed by atoms with van der Waals surface area (Å²) in [5.41, 5.74) is 7.13. The lowest BCUT2D eigenvalue weighted by Crippen LogP contribution is -2.52. The highest BCUT2D eigenvalue weighted by Crippen LogP contribution is 2.51. The molecule has 4 heteroatoms. The van der Waals surface area contributed by atoms with Crippen LogP contribution >= 0.6 is 23.2 Å². The smallest absolute Gasteiger partial charge is 0.0679 e. The van der Waals surface area contributed by atoms with Gasteiger partial charge < -0.3 is 10.8 Å². The maximum atomic E-state index is 10.9. The predicted molar refractivity (Wildman–Crippen MR) is 83.3 cm³/mol. The summed E-state index contributed by atoms with van der Waals surface area (Å²) < 4.78 is 0. The molecule has 110 valence electrons. The normalized spacial score (nSPS) is 30.0. The van der Waals surface area contributed by atoms with E-state index >= 15 is 0 Å². The Labute approximate surface area is 130 Å². The molecule has 0 amide bonds. The van der Waals surface area contributed by atoms with Crippen LogP contribution in [0.4, 0.5) is 0 Å². The van der Waals surface area contributed by atoms with Crippen molar-refractivity contribution in [2.45, 2.75) is 56.1 Å². The number of halogens is 2. The average molecular weight is 314 g/mol. The van der Waals surface area contributed by atoms with Crippen LogP contribution in [0.3, 0.4) is 0 Å². The fourth-order valence-corrected chi connectivity index (χ4v) is 4.24. The molecule has 2 nitrogen and oxygen atoms in total. The number of aliphatic hydroxyl groups is 1. The van der Waals surface area contributed by atoms with Gasteiger partial charge >= 0.3 is 0 Å². The summed E-state index contributed by atoms with van der Waals surface area (Å²) >= 11 is 12.2. The van der Waals surface area contributed by atoms with Gasteiger partial charge in [-0.3, -0.25) is 0 Å². The van der Waals surface area contributed by atoms with Gasteiger partial charge in [0.05, 0.1) is 16.1 Å². The van der Waals surface area contributed by atoms with Gasteiger partial charge in [0.1, 0.15) is 0 Å². The first-order valence-electron chi connectivity index (χ1n) is 7.44. The molecule has 20 heavy (non-hydrogen) atoms. The van der Waals surface area contributed by atoms with Crippen molar-refractivity contribution in [1.29, 1.82) is 0 Å². The topological polar surface area (TPSA) is 46.2 Å². The summed E-state index contributed by atoms with van der Waals surface area (Å²) in [5.74, 6) is 0.213.